The lowest BCUT2D eigenvalue weighted by Crippen LogP contribution is -2.21. The SMILES string of the molecule is COc1ccc(NC(=O)COC(=O)c2ccccc2Oc2ccccc2)c(OC)c1. The summed E-state index contributed by atoms with van der Waals surface area (Å²) in [6.07, 6.45) is 0. The van der Waals surface area contributed by atoms with Gasteiger partial charge in [0.2, 0.25) is 0 Å². The summed E-state index contributed by atoms with van der Waals surface area (Å²) in [5.41, 5.74) is 0.656. The molecule has 1 N–H and O–H groups in total. The fourth-order valence-electron chi connectivity index (χ4n) is 2.64. The van der Waals surface area contributed by atoms with Gasteiger partial charge in [0.25, 0.3) is 5.91 Å². The van der Waals surface area contributed by atoms with E-state index in [1.165, 1.54) is 14.2 Å². The van der Waals surface area contributed by atoms with Crippen LogP contribution in [0.15, 0.2) is 72.8 Å². The minimum absolute atomic E-state index is 0.219. The largest absolute Gasteiger partial charge is 0.497 e. The number of hydrogen-bond acceptors (Lipinski definition) is 6. The van der Waals surface area contributed by atoms with Crippen LogP contribution < -0.4 is 19.5 Å². The van der Waals surface area contributed by atoms with Crippen molar-refractivity contribution in [2.45, 2.75) is 0 Å². The number of methoxy groups -OCH3 is 2. The smallest absolute Gasteiger partial charge is 0.342 e. The van der Waals surface area contributed by atoms with Gasteiger partial charge in [-0.2, -0.15) is 0 Å². The molecule has 0 fully saturated rings. The van der Waals surface area contributed by atoms with Crippen LogP contribution in [0.2, 0.25) is 0 Å². The molecule has 0 atom stereocenters. The number of para-hydroxylation sites is 2. The highest BCUT2D eigenvalue weighted by molar-refractivity contribution is 5.97. The second-order valence-corrected chi connectivity index (χ2v) is 6.10. The van der Waals surface area contributed by atoms with Crippen molar-refractivity contribution in [1.29, 1.82) is 0 Å². The first-order valence-corrected chi connectivity index (χ1v) is 9.11. The first kappa shape index (κ1) is 20.7. The molecule has 0 saturated heterocycles. The van der Waals surface area contributed by atoms with Crippen molar-refractivity contribution in [3.63, 3.8) is 0 Å². The van der Waals surface area contributed by atoms with E-state index in [1.54, 1.807) is 54.6 Å². The molecule has 0 bridgehead atoms. The molecule has 30 heavy (non-hydrogen) atoms. The average molecular weight is 407 g/mol. The number of rotatable bonds is 8. The Hall–Kier alpha value is -4.00. The van der Waals surface area contributed by atoms with Crippen LogP contribution in [0.5, 0.6) is 23.0 Å². The number of nitrogens with one attached hydrogen (secondary N) is 1. The van der Waals surface area contributed by atoms with Crippen LogP contribution in [-0.4, -0.2) is 32.7 Å². The van der Waals surface area contributed by atoms with E-state index in [4.69, 9.17) is 18.9 Å². The van der Waals surface area contributed by atoms with Gasteiger partial charge in [-0.3, -0.25) is 4.79 Å². The number of anilines is 1. The third-order valence-electron chi connectivity index (χ3n) is 4.10. The number of amides is 1. The second-order valence-electron chi connectivity index (χ2n) is 6.10. The van der Waals surface area contributed by atoms with Crippen LogP contribution in [0, 0.1) is 0 Å². The van der Waals surface area contributed by atoms with Crippen LogP contribution in [-0.2, 0) is 9.53 Å². The molecule has 3 rings (SSSR count). The number of hydrogen-bond donors (Lipinski definition) is 1. The van der Waals surface area contributed by atoms with Gasteiger partial charge in [0.15, 0.2) is 6.61 Å². The first-order valence-electron chi connectivity index (χ1n) is 9.11. The van der Waals surface area contributed by atoms with Crippen LogP contribution in [0.25, 0.3) is 0 Å². The third-order valence-corrected chi connectivity index (χ3v) is 4.10. The molecule has 0 aromatic heterocycles. The van der Waals surface area contributed by atoms with E-state index in [1.807, 2.05) is 18.2 Å². The molecule has 7 nitrogen and oxygen atoms in total. The molecule has 7 heteroatoms. The predicted molar refractivity (Wildman–Crippen MR) is 111 cm³/mol. The summed E-state index contributed by atoms with van der Waals surface area (Å²) in [5.74, 6) is 0.765. The average Bonchev–Trinajstić information content (AvgIpc) is 2.78. The topological polar surface area (TPSA) is 83.1 Å². The normalized spacial score (nSPS) is 10.1. The highest BCUT2D eigenvalue weighted by atomic mass is 16.5. The van der Waals surface area contributed by atoms with E-state index in [2.05, 4.69) is 5.32 Å². The summed E-state index contributed by atoms with van der Waals surface area (Å²) in [7, 11) is 3.01. The fourth-order valence-corrected chi connectivity index (χ4v) is 2.64. The molecule has 3 aromatic rings. The maximum atomic E-state index is 12.5. The number of benzene rings is 3. The summed E-state index contributed by atoms with van der Waals surface area (Å²) in [6, 6.07) is 20.7. The highest BCUT2D eigenvalue weighted by Gasteiger charge is 2.17. The Balaban J connectivity index is 1.63. The Kier molecular flexibility index (Phi) is 6.89. The minimum atomic E-state index is -0.668. The van der Waals surface area contributed by atoms with Gasteiger partial charge in [-0.15, -0.1) is 0 Å². The van der Waals surface area contributed by atoms with E-state index in [0.717, 1.165) is 0 Å². The van der Waals surface area contributed by atoms with Crippen molar-refractivity contribution in [3.8, 4) is 23.0 Å². The Bertz CT molecular complexity index is 1020. The van der Waals surface area contributed by atoms with Crippen molar-refractivity contribution < 1.29 is 28.5 Å². The third kappa shape index (κ3) is 5.29. The zero-order valence-corrected chi connectivity index (χ0v) is 16.6. The molecular weight excluding hydrogens is 386 g/mol. The number of carbonyl (C=O) groups excluding carboxylic acids is 2. The summed E-state index contributed by atoms with van der Waals surface area (Å²) >= 11 is 0. The van der Waals surface area contributed by atoms with Gasteiger partial charge in [-0.25, -0.2) is 4.79 Å². The monoisotopic (exact) mass is 407 g/mol. The summed E-state index contributed by atoms with van der Waals surface area (Å²) in [4.78, 5) is 24.7. The molecular formula is C23H21NO6. The molecule has 1 amide bonds. The molecule has 0 unspecified atom stereocenters. The zero-order chi connectivity index (χ0) is 21.3. The lowest BCUT2D eigenvalue weighted by molar-refractivity contribution is -0.119. The highest BCUT2D eigenvalue weighted by Crippen LogP contribution is 2.29. The number of ether oxygens (including phenoxy) is 4. The van der Waals surface area contributed by atoms with Gasteiger partial charge in [0.05, 0.1) is 19.9 Å². The van der Waals surface area contributed by atoms with Crippen molar-refractivity contribution in [1.82, 2.24) is 0 Å². The molecule has 0 aliphatic rings. The van der Waals surface area contributed by atoms with Crippen molar-refractivity contribution in [3.05, 3.63) is 78.4 Å². The van der Waals surface area contributed by atoms with Crippen molar-refractivity contribution in [2.75, 3.05) is 26.1 Å². The van der Waals surface area contributed by atoms with E-state index < -0.39 is 18.5 Å². The molecule has 154 valence electrons. The van der Waals surface area contributed by atoms with Crippen LogP contribution in [0.3, 0.4) is 0 Å². The van der Waals surface area contributed by atoms with E-state index in [0.29, 0.717) is 28.7 Å². The number of esters is 1. The number of carbonyl (C=O) groups is 2. The van der Waals surface area contributed by atoms with Gasteiger partial charge in [0, 0.05) is 6.07 Å². The fraction of sp³-hybridized carbons (Fsp3) is 0.130. The van der Waals surface area contributed by atoms with E-state index in [-0.39, 0.29) is 5.56 Å². The van der Waals surface area contributed by atoms with Gasteiger partial charge >= 0.3 is 5.97 Å². The Morgan fingerprint density at radius 2 is 1.53 bits per heavy atom. The summed E-state index contributed by atoms with van der Waals surface area (Å²) in [6.45, 7) is -0.465. The quantitative estimate of drug-likeness (QED) is 0.561. The minimum Gasteiger partial charge on any atom is -0.497 e. The summed E-state index contributed by atoms with van der Waals surface area (Å²) in [5, 5.41) is 2.65. The zero-order valence-electron chi connectivity index (χ0n) is 16.6. The second kappa shape index (κ2) is 9.97. The lowest BCUT2D eigenvalue weighted by Gasteiger charge is -2.13. The Morgan fingerprint density at radius 3 is 2.27 bits per heavy atom. The molecule has 0 saturated carbocycles. The molecule has 0 spiro atoms. The van der Waals surface area contributed by atoms with Crippen LogP contribution in [0.4, 0.5) is 5.69 Å². The van der Waals surface area contributed by atoms with E-state index in [9.17, 15) is 9.59 Å². The molecule has 0 radical (unpaired) electrons. The lowest BCUT2D eigenvalue weighted by atomic mass is 10.2. The first-order chi connectivity index (χ1) is 14.6. The predicted octanol–water partition coefficient (Wildman–Crippen LogP) is 4.29. The molecule has 0 aliphatic heterocycles. The standard InChI is InChI=1S/C23H21NO6/c1-27-17-12-13-19(21(14-17)28-2)24-22(25)15-29-23(26)18-10-6-7-11-20(18)30-16-8-4-3-5-9-16/h3-14H,15H2,1-2H3,(H,24,25). The van der Waals surface area contributed by atoms with Gasteiger partial charge in [-0.05, 0) is 36.4 Å². The molecule has 0 aliphatic carbocycles. The molecule has 3 aromatic carbocycles. The maximum Gasteiger partial charge on any atom is 0.342 e. The Labute approximate surface area is 174 Å². The molecule has 0 heterocycles. The Morgan fingerprint density at radius 1 is 0.800 bits per heavy atom. The van der Waals surface area contributed by atoms with Crippen molar-refractivity contribution in [2.24, 2.45) is 0 Å². The van der Waals surface area contributed by atoms with Crippen LogP contribution in [0.1, 0.15) is 10.4 Å². The maximum absolute atomic E-state index is 12.5. The van der Waals surface area contributed by atoms with Crippen molar-refractivity contribution >= 4 is 17.6 Å². The van der Waals surface area contributed by atoms with Gasteiger partial charge in [-0.1, -0.05) is 30.3 Å². The van der Waals surface area contributed by atoms with Gasteiger partial charge < -0.3 is 24.3 Å². The van der Waals surface area contributed by atoms with Gasteiger partial charge in [0.1, 0.15) is 28.6 Å². The van der Waals surface area contributed by atoms with E-state index >= 15 is 0 Å². The summed E-state index contributed by atoms with van der Waals surface area (Å²) < 4.78 is 21.3. The van der Waals surface area contributed by atoms with Crippen LogP contribution >= 0.6 is 0 Å².